The highest BCUT2D eigenvalue weighted by atomic mass is 35.5. The van der Waals surface area contributed by atoms with E-state index in [-0.39, 0.29) is 23.9 Å². The Morgan fingerprint density at radius 1 is 1.47 bits per heavy atom. The zero-order valence-corrected chi connectivity index (χ0v) is 8.65. The van der Waals surface area contributed by atoms with Crippen LogP contribution in [0.25, 0.3) is 5.95 Å². The average molecular weight is 229 g/mol. The van der Waals surface area contributed by atoms with E-state index >= 15 is 0 Å². The van der Waals surface area contributed by atoms with E-state index in [1.54, 1.807) is 6.92 Å². The number of hydrogen-bond acceptors (Lipinski definition) is 5. The van der Waals surface area contributed by atoms with Crippen LogP contribution in [0.5, 0.6) is 0 Å². The van der Waals surface area contributed by atoms with Crippen molar-refractivity contribution >= 4 is 18.1 Å². The van der Waals surface area contributed by atoms with Crippen molar-refractivity contribution in [2.24, 2.45) is 0 Å². The van der Waals surface area contributed by atoms with Gasteiger partial charge in [-0.15, -0.1) is 22.6 Å². The molecule has 0 atom stereocenters. The lowest BCUT2D eigenvalue weighted by atomic mass is 10.5. The molecule has 15 heavy (non-hydrogen) atoms. The van der Waals surface area contributed by atoms with E-state index in [4.69, 9.17) is 5.73 Å². The molecular weight excluding hydrogens is 220 g/mol. The number of hydrogen-bond donors (Lipinski definition) is 2. The van der Waals surface area contributed by atoms with Crippen LogP contribution in [0.3, 0.4) is 0 Å². The highest BCUT2D eigenvalue weighted by molar-refractivity contribution is 5.85. The number of nitrogens with two attached hydrogens (primary N) is 1. The van der Waals surface area contributed by atoms with Crippen LogP contribution in [0.1, 0.15) is 5.69 Å². The van der Waals surface area contributed by atoms with E-state index in [0.29, 0.717) is 11.4 Å². The van der Waals surface area contributed by atoms with Crippen molar-refractivity contribution in [3.8, 4) is 5.95 Å². The molecule has 0 saturated carbocycles. The predicted molar refractivity (Wildman–Crippen MR) is 56.2 cm³/mol. The minimum Gasteiger partial charge on any atom is -0.396 e. The van der Waals surface area contributed by atoms with Gasteiger partial charge in [-0.3, -0.25) is 9.78 Å². The van der Waals surface area contributed by atoms with E-state index in [0.717, 1.165) is 0 Å². The number of nitrogens with zero attached hydrogens (tertiary/aromatic N) is 4. The van der Waals surface area contributed by atoms with Crippen molar-refractivity contribution in [2.75, 3.05) is 5.73 Å². The van der Waals surface area contributed by atoms with Crippen molar-refractivity contribution in [3.63, 3.8) is 0 Å². The first-order valence-electron chi connectivity index (χ1n) is 3.91. The zero-order chi connectivity index (χ0) is 10.1. The molecule has 0 saturated heterocycles. The Labute approximate surface area is 90.7 Å². The molecule has 0 aromatic carbocycles. The molecule has 0 spiro atoms. The molecule has 7 nitrogen and oxygen atoms in total. The van der Waals surface area contributed by atoms with E-state index in [9.17, 15) is 4.79 Å². The van der Waals surface area contributed by atoms with Gasteiger partial charge in [-0.2, -0.15) is 5.10 Å². The molecule has 2 aromatic heterocycles. The minimum atomic E-state index is -0.288. The van der Waals surface area contributed by atoms with Crippen LogP contribution >= 0.6 is 12.4 Å². The topological polar surface area (TPSA) is 102 Å². The average Bonchev–Trinajstić information content (AvgIpc) is 2.57. The summed E-state index contributed by atoms with van der Waals surface area (Å²) < 4.78 is 1.35. The fraction of sp³-hybridized carbons (Fsp3) is 0.143. The lowest BCUT2D eigenvalue weighted by Gasteiger charge is -1.97. The molecule has 2 aromatic rings. The molecule has 0 bridgehead atoms. The van der Waals surface area contributed by atoms with Crippen molar-refractivity contribution in [2.45, 2.75) is 6.92 Å². The quantitative estimate of drug-likeness (QED) is 0.695. The summed E-state index contributed by atoms with van der Waals surface area (Å²) >= 11 is 0. The smallest absolute Gasteiger partial charge is 0.274 e. The highest BCUT2D eigenvalue weighted by Gasteiger charge is 2.03. The molecule has 2 heterocycles. The third kappa shape index (κ3) is 2.13. The summed E-state index contributed by atoms with van der Waals surface area (Å²) in [7, 11) is 0. The number of anilines is 1. The Bertz CT molecular complexity index is 518. The van der Waals surface area contributed by atoms with Crippen molar-refractivity contribution in [1.29, 1.82) is 0 Å². The van der Waals surface area contributed by atoms with Crippen LogP contribution < -0.4 is 11.3 Å². The Morgan fingerprint density at radius 2 is 2.20 bits per heavy atom. The first kappa shape index (κ1) is 11.2. The summed E-state index contributed by atoms with van der Waals surface area (Å²) in [5.74, 6) is 0.248. The van der Waals surface area contributed by atoms with Crippen LogP contribution in [0.2, 0.25) is 0 Å². The Hall–Kier alpha value is -1.89. The number of aromatic nitrogens is 5. The molecule has 8 heteroatoms. The van der Waals surface area contributed by atoms with Gasteiger partial charge in [0.05, 0.1) is 18.1 Å². The SMILES string of the molecule is Cc1nnc(-n2cc(N)cn2)[nH]c1=O.Cl. The maximum absolute atomic E-state index is 11.2. The van der Waals surface area contributed by atoms with Gasteiger partial charge in [0.15, 0.2) is 0 Å². The molecule has 80 valence electrons. The first-order valence-corrected chi connectivity index (χ1v) is 3.91. The van der Waals surface area contributed by atoms with Gasteiger partial charge in [0, 0.05) is 0 Å². The Morgan fingerprint density at radius 3 is 2.73 bits per heavy atom. The number of aryl methyl sites for hydroxylation is 1. The van der Waals surface area contributed by atoms with Gasteiger partial charge in [-0.25, -0.2) is 4.68 Å². The van der Waals surface area contributed by atoms with Crippen molar-refractivity contribution in [3.05, 3.63) is 28.4 Å². The number of nitrogens with one attached hydrogen (secondary N) is 1. The van der Waals surface area contributed by atoms with Gasteiger partial charge in [0.1, 0.15) is 5.69 Å². The molecule has 3 N–H and O–H groups in total. The number of halogens is 1. The molecule has 2 rings (SSSR count). The second-order valence-electron chi connectivity index (χ2n) is 2.78. The normalized spacial score (nSPS) is 9.67. The molecule has 0 aliphatic rings. The van der Waals surface area contributed by atoms with E-state index in [1.165, 1.54) is 17.1 Å². The molecule has 0 aliphatic heterocycles. The van der Waals surface area contributed by atoms with Crippen LogP contribution in [-0.4, -0.2) is 25.0 Å². The largest absolute Gasteiger partial charge is 0.396 e. The zero-order valence-electron chi connectivity index (χ0n) is 7.84. The third-order valence-corrected chi connectivity index (χ3v) is 1.67. The van der Waals surface area contributed by atoms with Crippen LogP contribution in [0.15, 0.2) is 17.2 Å². The van der Waals surface area contributed by atoms with Crippen LogP contribution in [0.4, 0.5) is 5.69 Å². The maximum atomic E-state index is 11.2. The fourth-order valence-corrected chi connectivity index (χ4v) is 0.940. The minimum absolute atomic E-state index is 0. The van der Waals surface area contributed by atoms with E-state index in [1.807, 2.05) is 0 Å². The summed E-state index contributed by atoms with van der Waals surface area (Å²) in [5.41, 5.74) is 5.98. The Balaban J connectivity index is 0.00000112. The lowest BCUT2D eigenvalue weighted by molar-refractivity contribution is 0.752. The Kier molecular flexibility index (Phi) is 3.05. The van der Waals surface area contributed by atoms with Crippen molar-refractivity contribution < 1.29 is 0 Å². The van der Waals surface area contributed by atoms with Gasteiger partial charge in [-0.1, -0.05) is 0 Å². The molecule has 0 fully saturated rings. The van der Waals surface area contributed by atoms with Gasteiger partial charge < -0.3 is 5.73 Å². The number of H-pyrrole nitrogens is 1. The predicted octanol–water partition coefficient (Wildman–Crippen LogP) is -0.337. The van der Waals surface area contributed by atoms with E-state index in [2.05, 4.69) is 20.3 Å². The summed E-state index contributed by atoms with van der Waals surface area (Å²) in [6.07, 6.45) is 3.00. The standard InChI is InChI=1S/C7H8N6O.ClH/c1-4-6(14)10-7(12-11-4)13-3-5(8)2-9-13;/h2-3H,8H2,1H3,(H,10,12,14);1H. The van der Waals surface area contributed by atoms with Gasteiger partial charge in [-0.05, 0) is 6.92 Å². The first-order chi connectivity index (χ1) is 6.66. The maximum Gasteiger partial charge on any atom is 0.274 e. The molecular formula is C7H9ClN6O. The van der Waals surface area contributed by atoms with E-state index < -0.39 is 0 Å². The van der Waals surface area contributed by atoms with Gasteiger partial charge in [0.2, 0.25) is 0 Å². The van der Waals surface area contributed by atoms with Gasteiger partial charge >= 0.3 is 0 Å². The molecule has 0 unspecified atom stereocenters. The molecule has 0 radical (unpaired) electrons. The van der Waals surface area contributed by atoms with Crippen LogP contribution in [0, 0.1) is 6.92 Å². The summed E-state index contributed by atoms with van der Waals surface area (Å²) in [6, 6.07) is 0. The highest BCUT2D eigenvalue weighted by Crippen LogP contribution is 2.01. The monoisotopic (exact) mass is 228 g/mol. The molecule has 0 amide bonds. The number of aromatic amines is 1. The number of rotatable bonds is 1. The third-order valence-electron chi connectivity index (χ3n) is 1.67. The summed E-state index contributed by atoms with van der Waals surface area (Å²) in [5, 5.41) is 11.3. The second kappa shape index (κ2) is 4.09. The van der Waals surface area contributed by atoms with Crippen LogP contribution in [-0.2, 0) is 0 Å². The molecule has 0 aliphatic carbocycles. The fourth-order valence-electron chi connectivity index (χ4n) is 0.940. The lowest BCUT2D eigenvalue weighted by Crippen LogP contribution is -2.17. The second-order valence-corrected chi connectivity index (χ2v) is 2.78. The summed E-state index contributed by atoms with van der Waals surface area (Å²) in [6.45, 7) is 1.58. The number of nitrogen functional groups attached to an aromatic ring is 1. The summed E-state index contributed by atoms with van der Waals surface area (Å²) in [4.78, 5) is 13.7. The van der Waals surface area contributed by atoms with Crippen molar-refractivity contribution in [1.82, 2.24) is 25.0 Å². The van der Waals surface area contributed by atoms with Gasteiger partial charge in [0.25, 0.3) is 11.5 Å².